The number of benzene rings is 1. The van der Waals surface area contributed by atoms with Crippen LogP contribution in [-0.4, -0.2) is 37.4 Å². The van der Waals surface area contributed by atoms with Gasteiger partial charge in [-0.1, -0.05) is 17.3 Å². The summed E-state index contributed by atoms with van der Waals surface area (Å²) in [6.07, 6.45) is 5.69. The molecule has 1 amide bonds. The third kappa shape index (κ3) is 3.19. The number of carbonyl (C=O) groups is 1. The molecule has 1 aromatic carbocycles. The number of carbonyl (C=O) groups excluding carboxylic acids is 1. The minimum Gasteiger partial charge on any atom is -0.351 e. The van der Waals surface area contributed by atoms with Crippen LogP contribution in [0.4, 0.5) is 0 Å². The van der Waals surface area contributed by atoms with Crippen LogP contribution in [0.5, 0.6) is 0 Å². The Kier molecular flexibility index (Phi) is 3.81. The zero-order valence-electron chi connectivity index (χ0n) is 11.3. The SMILES string of the molecule is O=C(NCCCn1ccnn1)c1cnc2ccccc2n1. The number of nitrogens with zero attached hydrogens (tertiary/aromatic N) is 5. The second kappa shape index (κ2) is 6.08. The molecule has 0 saturated heterocycles. The molecule has 0 spiro atoms. The van der Waals surface area contributed by atoms with Crippen LogP contribution < -0.4 is 5.32 Å². The van der Waals surface area contributed by atoms with E-state index in [9.17, 15) is 4.79 Å². The van der Waals surface area contributed by atoms with E-state index in [-0.39, 0.29) is 5.91 Å². The lowest BCUT2D eigenvalue weighted by Gasteiger charge is -2.05. The fourth-order valence-electron chi connectivity index (χ4n) is 1.95. The number of hydrogen-bond donors (Lipinski definition) is 1. The Balaban J connectivity index is 1.56. The van der Waals surface area contributed by atoms with Crippen molar-refractivity contribution < 1.29 is 4.79 Å². The van der Waals surface area contributed by atoms with Gasteiger partial charge in [-0.25, -0.2) is 4.98 Å². The molecule has 0 saturated carbocycles. The van der Waals surface area contributed by atoms with Crippen molar-refractivity contribution in [3.63, 3.8) is 0 Å². The maximum absolute atomic E-state index is 12.0. The monoisotopic (exact) mass is 282 g/mol. The lowest BCUT2D eigenvalue weighted by molar-refractivity contribution is 0.0947. The predicted octanol–water partition coefficient (Wildman–Crippen LogP) is 1.04. The van der Waals surface area contributed by atoms with Gasteiger partial charge in [-0.2, -0.15) is 0 Å². The molecule has 0 radical (unpaired) electrons. The fraction of sp³-hybridized carbons (Fsp3) is 0.214. The maximum Gasteiger partial charge on any atom is 0.271 e. The number of fused-ring (bicyclic) bond motifs is 1. The Morgan fingerprint density at radius 3 is 2.90 bits per heavy atom. The van der Waals surface area contributed by atoms with Gasteiger partial charge in [0.15, 0.2) is 0 Å². The first-order valence-corrected chi connectivity index (χ1v) is 6.67. The number of aromatic nitrogens is 5. The lowest BCUT2D eigenvalue weighted by Crippen LogP contribution is -2.26. The van der Waals surface area contributed by atoms with E-state index in [0.29, 0.717) is 24.3 Å². The van der Waals surface area contributed by atoms with Crippen LogP contribution in [0.1, 0.15) is 16.9 Å². The van der Waals surface area contributed by atoms with Crippen LogP contribution in [0.3, 0.4) is 0 Å². The quantitative estimate of drug-likeness (QED) is 0.707. The molecular formula is C14H14N6O. The number of para-hydroxylation sites is 2. The first kappa shape index (κ1) is 13.2. The summed E-state index contributed by atoms with van der Waals surface area (Å²) in [6, 6.07) is 7.46. The van der Waals surface area contributed by atoms with Gasteiger partial charge in [-0.05, 0) is 18.6 Å². The van der Waals surface area contributed by atoms with E-state index in [4.69, 9.17) is 0 Å². The molecule has 2 aromatic heterocycles. The molecule has 106 valence electrons. The largest absolute Gasteiger partial charge is 0.351 e. The molecule has 0 aliphatic carbocycles. The summed E-state index contributed by atoms with van der Waals surface area (Å²) in [7, 11) is 0. The minimum absolute atomic E-state index is 0.216. The second-order valence-electron chi connectivity index (χ2n) is 4.52. The molecular weight excluding hydrogens is 268 g/mol. The standard InChI is InChI=1S/C14H14N6O/c21-14(15-6-3-8-20-9-7-17-19-20)13-10-16-11-4-1-2-5-12(11)18-13/h1-2,4-5,7,9-10H,3,6,8H2,(H,15,21). The molecule has 2 heterocycles. The molecule has 0 aliphatic heterocycles. The van der Waals surface area contributed by atoms with Gasteiger partial charge in [-0.3, -0.25) is 14.5 Å². The number of hydrogen-bond acceptors (Lipinski definition) is 5. The van der Waals surface area contributed by atoms with E-state index in [1.807, 2.05) is 24.3 Å². The Morgan fingerprint density at radius 1 is 1.24 bits per heavy atom. The van der Waals surface area contributed by atoms with Gasteiger partial charge < -0.3 is 5.32 Å². The molecule has 0 bridgehead atoms. The van der Waals surface area contributed by atoms with Crippen LogP contribution in [0.15, 0.2) is 42.9 Å². The van der Waals surface area contributed by atoms with E-state index in [1.165, 1.54) is 6.20 Å². The van der Waals surface area contributed by atoms with Gasteiger partial charge in [0.05, 0.1) is 23.4 Å². The van der Waals surface area contributed by atoms with Gasteiger partial charge in [0, 0.05) is 19.3 Å². The smallest absolute Gasteiger partial charge is 0.271 e. The fourth-order valence-corrected chi connectivity index (χ4v) is 1.95. The highest BCUT2D eigenvalue weighted by Crippen LogP contribution is 2.08. The lowest BCUT2D eigenvalue weighted by atomic mass is 10.3. The van der Waals surface area contributed by atoms with E-state index in [0.717, 1.165) is 11.9 Å². The van der Waals surface area contributed by atoms with Crippen molar-refractivity contribution >= 4 is 16.9 Å². The number of aryl methyl sites for hydroxylation is 1. The van der Waals surface area contributed by atoms with E-state index < -0.39 is 0 Å². The normalized spacial score (nSPS) is 10.7. The Hall–Kier alpha value is -2.83. The van der Waals surface area contributed by atoms with Crippen molar-refractivity contribution in [2.24, 2.45) is 0 Å². The Bertz CT molecular complexity index is 740. The predicted molar refractivity (Wildman–Crippen MR) is 76.5 cm³/mol. The zero-order valence-corrected chi connectivity index (χ0v) is 11.3. The van der Waals surface area contributed by atoms with Crippen molar-refractivity contribution in [3.05, 3.63) is 48.5 Å². The van der Waals surface area contributed by atoms with Crippen LogP contribution >= 0.6 is 0 Å². The average Bonchev–Trinajstić information content (AvgIpc) is 3.04. The highest BCUT2D eigenvalue weighted by molar-refractivity contribution is 5.93. The molecule has 7 nitrogen and oxygen atoms in total. The van der Waals surface area contributed by atoms with Crippen LogP contribution in [0.2, 0.25) is 0 Å². The summed E-state index contributed by atoms with van der Waals surface area (Å²) in [5, 5.41) is 10.4. The molecule has 0 aliphatic rings. The molecule has 21 heavy (non-hydrogen) atoms. The van der Waals surface area contributed by atoms with Gasteiger partial charge in [0.2, 0.25) is 0 Å². The van der Waals surface area contributed by atoms with Crippen LogP contribution in [-0.2, 0) is 6.54 Å². The highest BCUT2D eigenvalue weighted by Gasteiger charge is 2.08. The molecule has 3 aromatic rings. The van der Waals surface area contributed by atoms with E-state index in [2.05, 4.69) is 25.6 Å². The number of rotatable bonds is 5. The first-order chi connectivity index (χ1) is 10.3. The first-order valence-electron chi connectivity index (χ1n) is 6.67. The van der Waals surface area contributed by atoms with Gasteiger partial charge in [-0.15, -0.1) is 5.10 Å². The van der Waals surface area contributed by atoms with Crippen LogP contribution in [0.25, 0.3) is 11.0 Å². The Morgan fingerprint density at radius 2 is 2.10 bits per heavy atom. The Labute approximate surface area is 121 Å². The molecule has 0 unspecified atom stereocenters. The third-order valence-corrected chi connectivity index (χ3v) is 3.00. The number of amides is 1. The topological polar surface area (TPSA) is 85.6 Å². The van der Waals surface area contributed by atoms with E-state index in [1.54, 1.807) is 17.1 Å². The van der Waals surface area contributed by atoms with Crippen molar-refractivity contribution in [2.45, 2.75) is 13.0 Å². The average molecular weight is 282 g/mol. The van der Waals surface area contributed by atoms with Gasteiger partial charge in [0.25, 0.3) is 5.91 Å². The number of nitrogens with one attached hydrogen (secondary N) is 1. The summed E-state index contributed by atoms with van der Waals surface area (Å²) < 4.78 is 1.72. The molecule has 3 rings (SSSR count). The summed E-state index contributed by atoms with van der Waals surface area (Å²) in [5.74, 6) is -0.216. The maximum atomic E-state index is 12.0. The van der Waals surface area contributed by atoms with Gasteiger partial charge in [0.1, 0.15) is 5.69 Å². The van der Waals surface area contributed by atoms with Crippen molar-refractivity contribution in [2.75, 3.05) is 6.54 Å². The summed E-state index contributed by atoms with van der Waals surface area (Å²) in [4.78, 5) is 20.5. The highest BCUT2D eigenvalue weighted by atomic mass is 16.1. The minimum atomic E-state index is -0.216. The van der Waals surface area contributed by atoms with Crippen molar-refractivity contribution in [1.82, 2.24) is 30.3 Å². The summed E-state index contributed by atoms with van der Waals surface area (Å²) in [5.41, 5.74) is 1.82. The van der Waals surface area contributed by atoms with Crippen LogP contribution in [0, 0.1) is 0 Å². The molecule has 7 heteroatoms. The third-order valence-electron chi connectivity index (χ3n) is 3.00. The zero-order chi connectivity index (χ0) is 14.5. The summed E-state index contributed by atoms with van der Waals surface area (Å²) >= 11 is 0. The second-order valence-corrected chi connectivity index (χ2v) is 4.52. The molecule has 0 atom stereocenters. The molecule has 0 fully saturated rings. The van der Waals surface area contributed by atoms with Crippen molar-refractivity contribution in [1.29, 1.82) is 0 Å². The van der Waals surface area contributed by atoms with Gasteiger partial charge >= 0.3 is 0 Å². The van der Waals surface area contributed by atoms with Crippen molar-refractivity contribution in [3.8, 4) is 0 Å². The van der Waals surface area contributed by atoms with E-state index >= 15 is 0 Å². The summed E-state index contributed by atoms with van der Waals surface area (Å²) in [6.45, 7) is 1.26. The molecule has 1 N–H and O–H groups in total.